The van der Waals surface area contributed by atoms with Gasteiger partial charge in [0.2, 0.25) is 11.8 Å². The van der Waals surface area contributed by atoms with E-state index in [1.807, 2.05) is 0 Å². The van der Waals surface area contributed by atoms with Crippen LogP contribution >= 0.6 is 0 Å². The molecule has 2 aromatic rings. The highest BCUT2D eigenvalue weighted by Gasteiger charge is 2.46. The Balaban J connectivity index is 1.98. The van der Waals surface area contributed by atoms with Gasteiger partial charge in [-0.3, -0.25) is 9.59 Å². The topological polar surface area (TPSA) is 58.6 Å². The summed E-state index contributed by atoms with van der Waals surface area (Å²) in [6, 6.07) is 9.38. The minimum atomic E-state index is -4.52. The third kappa shape index (κ3) is 3.70. The molecule has 1 aliphatic heterocycles. The number of carbonyl (C=O) groups excluding carboxylic acids is 2. The van der Waals surface area contributed by atoms with Gasteiger partial charge < -0.3 is 15.0 Å². The number of hydrogen-bond acceptors (Lipinski definition) is 3. The lowest BCUT2D eigenvalue weighted by molar-refractivity contribution is -0.137. The molecule has 1 N–H and O–H groups in total. The molecule has 8 heteroatoms. The molecule has 2 aromatic carbocycles. The van der Waals surface area contributed by atoms with E-state index in [-0.39, 0.29) is 18.1 Å². The first-order valence-electron chi connectivity index (χ1n) is 8.71. The lowest BCUT2D eigenvalue weighted by Crippen LogP contribution is -2.43. The van der Waals surface area contributed by atoms with Crippen molar-refractivity contribution in [3.05, 3.63) is 66.2 Å². The Kier molecular flexibility index (Phi) is 5.13. The van der Waals surface area contributed by atoms with Crippen LogP contribution in [0.25, 0.3) is 0 Å². The summed E-state index contributed by atoms with van der Waals surface area (Å²) in [4.78, 5) is 26.8. The van der Waals surface area contributed by atoms with Gasteiger partial charge in [-0.15, -0.1) is 0 Å². The average molecular weight is 404 g/mol. The van der Waals surface area contributed by atoms with Gasteiger partial charge in [0.25, 0.3) is 0 Å². The first-order valence-corrected chi connectivity index (χ1v) is 8.71. The first kappa shape index (κ1) is 20.4. The summed E-state index contributed by atoms with van der Waals surface area (Å²) in [5.74, 6) is -0.424. The SMILES string of the molecule is C=CC(=O)N1CC(C)(C(=O)Nc2cccc(C(F)(F)F)c2)c2cc(OC)ccc21. The minimum Gasteiger partial charge on any atom is -0.497 e. The predicted octanol–water partition coefficient (Wildman–Crippen LogP) is 4.14. The van der Waals surface area contributed by atoms with Crippen molar-refractivity contribution < 1.29 is 27.5 Å². The van der Waals surface area contributed by atoms with Gasteiger partial charge in [-0.1, -0.05) is 12.6 Å². The van der Waals surface area contributed by atoms with Crippen LogP contribution in [-0.2, 0) is 21.2 Å². The number of methoxy groups -OCH3 is 1. The minimum absolute atomic E-state index is 0.0176. The van der Waals surface area contributed by atoms with Crippen molar-refractivity contribution in [3.8, 4) is 5.75 Å². The zero-order valence-electron chi connectivity index (χ0n) is 15.8. The number of rotatable bonds is 4. The van der Waals surface area contributed by atoms with Crippen molar-refractivity contribution >= 4 is 23.2 Å². The Morgan fingerprint density at radius 2 is 1.97 bits per heavy atom. The highest BCUT2D eigenvalue weighted by Crippen LogP contribution is 2.43. The number of nitrogens with one attached hydrogen (secondary N) is 1. The maximum atomic E-state index is 13.1. The lowest BCUT2D eigenvalue weighted by atomic mass is 9.83. The Labute approximate surface area is 165 Å². The smallest absolute Gasteiger partial charge is 0.416 e. The molecule has 1 unspecified atom stereocenters. The van der Waals surface area contributed by atoms with Crippen LogP contribution in [0.2, 0.25) is 0 Å². The molecule has 0 saturated carbocycles. The van der Waals surface area contributed by atoms with Crippen molar-refractivity contribution in [2.45, 2.75) is 18.5 Å². The van der Waals surface area contributed by atoms with Gasteiger partial charge in [0, 0.05) is 17.9 Å². The number of fused-ring (bicyclic) bond motifs is 1. The van der Waals surface area contributed by atoms with Crippen LogP contribution in [0.5, 0.6) is 5.75 Å². The summed E-state index contributed by atoms with van der Waals surface area (Å²) in [5.41, 5.74) is -0.980. The van der Waals surface area contributed by atoms with Crippen molar-refractivity contribution in [2.75, 3.05) is 23.9 Å². The van der Waals surface area contributed by atoms with Gasteiger partial charge in [0.15, 0.2) is 0 Å². The molecule has 3 rings (SSSR count). The molecule has 2 amide bonds. The number of hydrogen-bond donors (Lipinski definition) is 1. The third-order valence-corrected chi connectivity index (χ3v) is 4.95. The van der Waals surface area contributed by atoms with Crippen LogP contribution in [0, 0.1) is 0 Å². The predicted molar refractivity (Wildman–Crippen MR) is 103 cm³/mol. The second-order valence-corrected chi connectivity index (χ2v) is 6.88. The molecular formula is C21H19F3N2O3. The largest absolute Gasteiger partial charge is 0.497 e. The van der Waals surface area contributed by atoms with E-state index in [1.165, 1.54) is 24.1 Å². The van der Waals surface area contributed by atoms with Gasteiger partial charge in [0.1, 0.15) is 5.75 Å². The molecule has 0 radical (unpaired) electrons. The van der Waals surface area contributed by atoms with Crippen LogP contribution in [0.15, 0.2) is 55.1 Å². The van der Waals surface area contributed by atoms with Crippen molar-refractivity contribution in [1.82, 2.24) is 0 Å². The van der Waals surface area contributed by atoms with Crippen molar-refractivity contribution in [3.63, 3.8) is 0 Å². The van der Waals surface area contributed by atoms with Gasteiger partial charge in [-0.2, -0.15) is 13.2 Å². The third-order valence-electron chi connectivity index (χ3n) is 4.95. The fourth-order valence-electron chi connectivity index (χ4n) is 3.35. The molecule has 0 fully saturated rings. The highest BCUT2D eigenvalue weighted by molar-refractivity contribution is 6.09. The van der Waals surface area contributed by atoms with Crippen molar-refractivity contribution in [2.24, 2.45) is 0 Å². The van der Waals surface area contributed by atoms with E-state index >= 15 is 0 Å². The average Bonchev–Trinajstić information content (AvgIpc) is 3.00. The molecule has 0 spiro atoms. The molecule has 0 bridgehead atoms. The van der Waals surface area contributed by atoms with E-state index in [9.17, 15) is 22.8 Å². The summed E-state index contributed by atoms with van der Waals surface area (Å²) in [6.45, 7) is 5.13. The molecule has 152 valence electrons. The van der Waals surface area contributed by atoms with Gasteiger partial charge in [-0.05, 0) is 55.0 Å². The summed E-state index contributed by atoms with van der Waals surface area (Å²) in [7, 11) is 1.48. The maximum absolute atomic E-state index is 13.1. The maximum Gasteiger partial charge on any atom is 0.416 e. The molecule has 0 aliphatic carbocycles. The zero-order chi connectivity index (χ0) is 21.4. The number of anilines is 2. The van der Waals surface area contributed by atoms with Gasteiger partial charge in [-0.25, -0.2) is 0 Å². The molecular weight excluding hydrogens is 385 g/mol. The normalized spacial score (nSPS) is 18.2. The van der Waals surface area contributed by atoms with Crippen LogP contribution < -0.4 is 15.0 Å². The van der Waals surface area contributed by atoms with E-state index in [4.69, 9.17) is 4.74 Å². The van der Waals surface area contributed by atoms with E-state index < -0.39 is 23.1 Å². The molecule has 1 heterocycles. The Bertz CT molecular complexity index is 987. The van der Waals surface area contributed by atoms with Crippen molar-refractivity contribution in [1.29, 1.82) is 0 Å². The number of carbonyl (C=O) groups is 2. The number of benzene rings is 2. The molecule has 0 aromatic heterocycles. The van der Waals surface area contributed by atoms with Crippen LogP contribution in [0.1, 0.15) is 18.1 Å². The molecule has 29 heavy (non-hydrogen) atoms. The number of amides is 2. The second kappa shape index (κ2) is 7.27. The first-order chi connectivity index (χ1) is 13.6. The molecule has 0 saturated heterocycles. The number of halogens is 3. The number of alkyl halides is 3. The Morgan fingerprint density at radius 3 is 2.59 bits per heavy atom. The summed E-state index contributed by atoms with van der Waals surface area (Å²) in [5, 5.41) is 2.55. The zero-order valence-corrected chi connectivity index (χ0v) is 15.8. The Hall–Kier alpha value is -3.29. The van der Waals surface area contributed by atoms with Crippen LogP contribution in [0.3, 0.4) is 0 Å². The summed E-state index contributed by atoms with van der Waals surface area (Å²) >= 11 is 0. The summed E-state index contributed by atoms with van der Waals surface area (Å²) in [6.07, 6.45) is -3.38. The molecule has 5 nitrogen and oxygen atoms in total. The number of nitrogens with zero attached hydrogens (tertiary/aromatic N) is 1. The van der Waals surface area contributed by atoms with Crippen LogP contribution in [0.4, 0.5) is 24.5 Å². The quantitative estimate of drug-likeness (QED) is 0.780. The lowest BCUT2D eigenvalue weighted by Gasteiger charge is -2.25. The Morgan fingerprint density at radius 1 is 1.24 bits per heavy atom. The van der Waals surface area contributed by atoms with Crippen LogP contribution in [-0.4, -0.2) is 25.5 Å². The van der Waals surface area contributed by atoms with E-state index in [0.717, 1.165) is 18.2 Å². The van der Waals surface area contributed by atoms with E-state index in [2.05, 4.69) is 11.9 Å². The number of ether oxygens (including phenoxy) is 1. The van der Waals surface area contributed by atoms with Gasteiger partial charge in [0.05, 0.1) is 18.1 Å². The monoisotopic (exact) mass is 404 g/mol. The standard InChI is InChI=1S/C21H19F3N2O3/c1-4-18(27)26-12-20(2,16-11-15(29-3)8-9-17(16)26)19(28)25-14-7-5-6-13(10-14)21(22,23)24/h4-11H,1,12H2,2-3H3,(H,25,28). The van der Waals surface area contributed by atoms with Gasteiger partial charge >= 0.3 is 6.18 Å². The van der Waals surface area contributed by atoms with E-state index in [0.29, 0.717) is 17.0 Å². The second-order valence-electron chi connectivity index (χ2n) is 6.88. The highest BCUT2D eigenvalue weighted by atomic mass is 19.4. The molecule has 1 atom stereocenters. The summed E-state index contributed by atoms with van der Waals surface area (Å²) < 4.78 is 44.1. The van der Waals surface area contributed by atoms with E-state index in [1.54, 1.807) is 25.1 Å². The fourth-order valence-corrected chi connectivity index (χ4v) is 3.35. The molecule has 1 aliphatic rings. The fraction of sp³-hybridized carbons (Fsp3) is 0.238.